The second-order valence-electron chi connectivity index (χ2n) is 6.86. The average Bonchev–Trinajstić information content (AvgIpc) is 2.75. The van der Waals surface area contributed by atoms with Gasteiger partial charge < -0.3 is 15.1 Å². The fourth-order valence-electron chi connectivity index (χ4n) is 3.02. The number of hydrogen-bond donors (Lipinski definition) is 2. The van der Waals surface area contributed by atoms with Crippen LogP contribution in [0.3, 0.4) is 0 Å². The van der Waals surface area contributed by atoms with E-state index in [1.165, 1.54) is 23.3 Å². The molecule has 2 aromatic carbocycles. The van der Waals surface area contributed by atoms with Crippen molar-refractivity contribution >= 4 is 17.8 Å². The van der Waals surface area contributed by atoms with E-state index in [0.717, 1.165) is 26.1 Å². The molecular weight excluding hydrogens is 391 g/mol. The minimum atomic E-state index is -1.82. The lowest BCUT2D eigenvalue weighted by Crippen LogP contribution is -2.48. The lowest BCUT2D eigenvalue weighted by Gasteiger charge is -2.34. The van der Waals surface area contributed by atoms with Crippen LogP contribution in [0.2, 0.25) is 0 Å². The van der Waals surface area contributed by atoms with Crippen LogP contribution in [0.15, 0.2) is 48.5 Å². The minimum absolute atomic E-state index is 0.0121. The molecule has 160 valence electrons. The molecule has 0 spiro atoms. The molecule has 3 rings (SSSR count). The first-order chi connectivity index (χ1) is 14.3. The van der Waals surface area contributed by atoms with E-state index in [4.69, 9.17) is 19.8 Å². The molecule has 1 aliphatic heterocycles. The van der Waals surface area contributed by atoms with E-state index in [9.17, 15) is 9.18 Å². The van der Waals surface area contributed by atoms with Crippen molar-refractivity contribution in [3.05, 3.63) is 71.0 Å². The van der Waals surface area contributed by atoms with Gasteiger partial charge in [0.15, 0.2) is 0 Å². The quantitative estimate of drug-likeness (QED) is 0.744. The zero-order chi connectivity index (χ0) is 22.1. The first kappa shape index (κ1) is 23.0. The Morgan fingerprint density at radius 3 is 1.80 bits per heavy atom. The molecule has 7 nitrogen and oxygen atoms in total. The number of hydrogen-bond acceptors (Lipinski definition) is 4. The van der Waals surface area contributed by atoms with Crippen LogP contribution in [0, 0.1) is 5.82 Å². The number of benzene rings is 2. The van der Waals surface area contributed by atoms with Gasteiger partial charge in [-0.25, -0.2) is 14.0 Å². The maximum absolute atomic E-state index is 13.0. The number of amides is 1. The number of aryl methyl sites for hydroxylation is 1. The average molecular weight is 416 g/mol. The Labute approximate surface area is 174 Å². The highest BCUT2D eigenvalue weighted by Crippen LogP contribution is 2.13. The van der Waals surface area contributed by atoms with E-state index in [-0.39, 0.29) is 11.7 Å². The molecule has 2 aromatic rings. The standard InChI is InChI=1S/C20H23FN2O.C2H2O4/c1-2-16-3-5-17(6-4-16)15-22-11-13-23(14-12-22)20(24)18-7-9-19(21)10-8-18;3-1(4)2(5)6/h3-10H,2,11-15H2,1H3;(H,3,4)(H,5,6). The Bertz CT molecular complexity index is 848. The van der Waals surface area contributed by atoms with E-state index in [2.05, 4.69) is 36.1 Å². The lowest BCUT2D eigenvalue weighted by atomic mass is 10.1. The third-order valence-electron chi connectivity index (χ3n) is 4.77. The van der Waals surface area contributed by atoms with Crippen molar-refractivity contribution in [3.63, 3.8) is 0 Å². The van der Waals surface area contributed by atoms with Crippen LogP contribution in [-0.2, 0) is 22.6 Å². The topological polar surface area (TPSA) is 98.2 Å². The van der Waals surface area contributed by atoms with Gasteiger partial charge in [-0.15, -0.1) is 0 Å². The van der Waals surface area contributed by atoms with Gasteiger partial charge in [-0.3, -0.25) is 9.69 Å². The maximum atomic E-state index is 13.0. The molecule has 1 amide bonds. The highest BCUT2D eigenvalue weighted by molar-refractivity contribution is 6.27. The molecule has 2 N–H and O–H groups in total. The normalized spacial score (nSPS) is 13.9. The summed E-state index contributed by atoms with van der Waals surface area (Å²) >= 11 is 0. The molecule has 1 fully saturated rings. The summed E-state index contributed by atoms with van der Waals surface area (Å²) in [5.74, 6) is -3.97. The van der Waals surface area contributed by atoms with Gasteiger partial charge in [0.05, 0.1) is 0 Å². The zero-order valence-corrected chi connectivity index (χ0v) is 16.8. The molecule has 0 aliphatic carbocycles. The van der Waals surface area contributed by atoms with Crippen molar-refractivity contribution < 1.29 is 29.0 Å². The van der Waals surface area contributed by atoms with Gasteiger partial charge in [0.1, 0.15) is 5.82 Å². The fourth-order valence-corrected chi connectivity index (χ4v) is 3.02. The summed E-state index contributed by atoms with van der Waals surface area (Å²) in [7, 11) is 0. The molecule has 8 heteroatoms. The molecule has 0 atom stereocenters. The molecule has 1 saturated heterocycles. The summed E-state index contributed by atoms with van der Waals surface area (Å²) < 4.78 is 13.0. The highest BCUT2D eigenvalue weighted by Gasteiger charge is 2.22. The van der Waals surface area contributed by atoms with Gasteiger partial charge in [0.2, 0.25) is 0 Å². The number of carboxylic acid groups (broad SMARTS) is 2. The summed E-state index contributed by atoms with van der Waals surface area (Å²) in [6.45, 7) is 6.23. The van der Waals surface area contributed by atoms with Crippen LogP contribution in [0.5, 0.6) is 0 Å². The third kappa shape index (κ3) is 6.97. The van der Waals surface area contributed by atoms with Crippen molar-refractivity contribution in [3.8, 4) is 0 Å². The third-order valence-corrected chi connectivity index (χ3v) is 4.77. The Balaban J connectivity index is 0.000000469. The second kappa shape index (κ2) is 11.1. The largest absolute Gasteiger partial charge is 0.473 e. The molecule has 0 aromatic heterocycles. The van der Waals surface area contributed by atoms with E-state index >= 15 is 0 Å². The van der Waals surface area contributed by atoms with Crippen molar-refractivity contribution in [2.24, 2.45) is 0 Å². The number of rotatable bonds is 4. The molecule has 0 radical (unpaired) electrons. The number of nitrogens with zero attached hydrogens (tertiary/aromatic N) is 2. The van der Waals surface area contributed by atoms with Crippen LogP contribution in [0.25, 0.3) is 0 Å². The maximum Gasteiger partial charge on any atom is 0.414 e. The Morgan fingerprint density at radius 1 is 0.833 bits per heavy atom. The Hall–Kier alpha value is -3.26. The van der Waals surface area contributed by atoms with Gasteiger partial charge >= 0.3 is 11.9 Å². The monoisotopic (exact) mass is 416 g/mol. The number of carboxylic acids is 2. The zero-order valence-electron chi connectivity index (χ0n) is 16.8. The Kier molecular flexibility index (Phi) is 8.49. The smallest absolute Gasteiger partial charge is 0.414 e. The summed E-state index contributed by atoms with van der Waals surface area (Å²) in [5.41, 5.74) is 3.22. The minimum Gasteiger partial charge on any atom is -0.473 e. The summed E-state index contributed by atoms with van der Waals surface area (Å²) in [6.07, 6.45) is 1.06. The summed E-state index contributed by atoms with van der Waals surface area (Å²) in [5, 5.41) is 14.8. The predicted octanol–water partition coefficient (Wildman–Crippen LogP) is 2.50. The van der Waals surface area contributed by atoms with Gasteiger partial charge in [-0.2, -0.15) is 0 Å². The van der Waals surface area contributed by atoms with Crippen molar-refractivity contribution in [2.75, 3.05) is 26.2 Å². The number of carbonyl (C=O) groups excluding carboxylic acids is 1. The Morgan fingerprint density at radius 2 is 1.33 bits per heavy atom. The van der Waals surface area contributed by atoms with Gasteiger partial charge in [-0.1, -0.05) is 31.2 Å². The van der Waals surface area contributed by atoms with E-state index in [1.807, 2.05) is 4.90 Å². The van der Waals surface area contributed by atoms with Crippen LogP contribution >= 0.6 is 0 Å². The second-order valence-corrected chi connectivity index (χ2v) is 6.86. The molecule has 0 saturated carbocycles. The SMILES string of the molecule is CCc1ccc(CN2CCN(C(=O)c3ccc(F)cc3)CC2)cc1.O=C(O)C(=O)O. The van der Waals surface area contributed by atoms with Crippen LogP contribution in [-0.4, -0.2) is 64.0 Å². The first-order valence-corrected chi connectivity index (χ1v) is 9.61. The lowest BCUT2D eigenvalue weighted by molar-refractivity contribution is -0.159. The van der Waals surface area contributed by atoms with Gasteiger partial charge in [-0.05, 0) is 41.8 Å². The van der Waals surface area contributed by atoms with Crippen molar-refractivity contribution in [1.29, 1.82) is 0 Å². The first-order valence-electron chi connectivity index (χ1n) is 9.61. The molecule has 0 bridgehead atoms. The summed E-state index contributed by atoms with van der Waals surface area (Å²) in [6, 6.07) is 14.5. The van der Waals surface area contributed by atoms with E-state index in [0.29, 0.717) is 18.7 Å². The number of halogens is 1. The number of carbonyl (C=O) groups is 3. The van der Waals surface area contributed by atoms with Gasteiger partial charge in [0, 0.05) is 38.3 Å². The predicted molar refractivity (Wildman–Crippen MR) is 109 cm³/mol. The fraction of sp³-hybridized carbons (Fsp3) is 0.318. The van der Waals surface area contributed by atoms with Gasteiger partial charge in [0.25, 0.3) is 5.91 Å². The summed E-state index contributed by atoms with van der Waals surface area (Å²) in [4.78, 5) is 34.9. The van der Waals surface area contributed by atoms with Crippen LogP contribution in [0.4, 0.5) is 4.39 Å². The van der Waals surface area contributed by atoms with E-state index < -0.39 is 11.9 Å². The number of piperazine rings is 1. The van der Waals surface area contributed by atoms with Crippen molar-refractivity contribution in [1.82, 2.24) is 9.80 Å². The van der Waals surface area contributed by atoms with Crippen LogP contribution < -0.4 is 0 Å². The molecule has 0 unspecified atom stereocenters. The molecule has 1 aliphatic rings. The highest BCUT2D eigenvalue weighted by atomic mass is 19.1. The molecule has 30 heavy (non-hydrogen) atoms. The molecular formula is C22H25FN2O5. The van der Waals surface area contributed by atoms with E-state index in [1.54, 1.807) is 12.1 Å². The number of aliphatic carboxylic acids is 2. The molecule has 1 heterocycles. The van der Waals surface area contributed by atoms with Crippen molar-refractivity contribution in [2.45, 2.75) is 19.9 Å². The van der Waals surface area contributed by atoms with Crippen LogP contribution in [0.1, 0.15) is 28.4 Å².